The number of nitrogens with one attached hydrogen (secondary N) is 1. The van der Waals surface area contributed by atoms with Crippen LogP contribution in [0, 0.1) is 0 Å². The summed E-state index contributed by atoms with van der Waals surface area (Å²) in [6, 6.07) is 1.74. The fourth-order valence-corrected chi connectivity index (χ4v) is 1.66. The molecule has 0 aliphatic heterocycles. The van der Waals surface area contributed by atoms with E-state index in [1.165, 1.54) is 17.8 Å². The van der Waals surface area contributed by atoms with E-state index in [4.69, 9.17) is 4.52 Å². The van der Waals surface area contributed by atoms with Gasteiger partial charge in [0.15, 0.2) is 0 Å². The first-order chi connectivity index (χ1) is 8.59. The highest BCUT2D eigenvalue weighted by molar-refractivity contribution is 5.05. The molecule has 2 aromatic rings. The van der Waals surface area contributed by atoms with Crippen molar-refractivity contribution in [1.82, 2.24) is 19.6 Å². The Morgan fingerprint density at radius 1 is 1.33 bits per heavy atom. The Morgan fingerprint density at radius 2 is 2.11 bits per heavy atom. The zero-order valence-electron chi connectivity index (χ0n) is 10.2. The summed E-state index contributed by atoms with van der Waals surface area (Å²) in [6.45, 7) is 0.841. The molecule has 0 aromatic carbocycles. The summed E-state index contributed by atoms with van der Waals surface area (Å²) >= 11 is 0. The minimum absolute atomic E-state index is 0.289. The zero-order valence-corrected chi connectivity index (χ0v) is 10.2. The minimum atomic E-state index is -0.334. The summed E-state index contributed by atoms with van der Waals surface area (Å²) in [5.74, 6) is 0.691. The predicted molar refractivity (Wildman–Crippen MR) is 64.0 cm³/mol. The van der Waals surface area contributed by atoms with Crippen molar-refractivity contribution in [3.63, 3.8) is 0 Å². The molecule has 0 fully saturated rings. The molecule has 18 heavy (non-hydrogen) atoms. The molecule has 7 heteroatoms. The Balaban J connectivity index is 2.10. The lowest BCUT2D eigenvalue weighted by molar-refractivity contribution is 0.372. The number of nitrogens with zero attached hydrogens (tertiary/aromatic N) is 3. The molecule has 2 aromatic heterocycles. The van der Waals surface area contributed by atoms with Crippen LogP contribution in [-0.2, 0) is 27.2 Å². The van der Waals surface area contributed by atoms with Crippen molar-refractivity contribution in [3.05, 3.63) is 50.6 Å². The highest BCUT2D eigenvalue weighted by atomic mass is 16.5. The molecule has 0 unspecified atom stereocenters. The van der Waals surface area contributed by atoms with Crippen molar-refractivity contribution >= 4 is 0 Å². The lowest BCUT2D eigenvalue weighted by Crippen LogP contribution is -2.39. The van der Waals surface area contributed by atoms with Gasteiger partial charge in [-0.05, 0) is 0 Å². The van der Waals surface area contributed by atoms with Gasteiger partial charge in [0.1, 0.15) is 5.76 Å². The molecule has 0 bridgehead atoms. The first-order valence-electron chi connectivity index (χ1n) is 5.45. The van der Waals surface area contributed by atoms with Gasteiger partial charge in [-0.15, -0.1) is 0 Å². The fraction of sp³-hybridized carbons (Fsp3) is 0.364. The van der Waals surface area contributed by atoms with Gasteiger partial charge in [0.2, 0.25) is 0 Å². The third kappa shape index (κ3) is 2.40. The van der Waals surface area contributed by atoms with E-state index in [1.54, 1.807) is 19.3 Å². The van der Waals surface area contributed by atoms with Crippen LogP contribution in [0.5, 0.6) is 0 Å². The topological polar surface area (TPSA) is 82.1 Å². The van der Waals surface area contributed by atoms with E-state index in [-0.39, 0.29) is 11.2 Å². The van der Waals surface area contributed by atoms with Gasteiger partial charge >= 0.3 is 5.69 Å². The second kappa shape index (κ2) is 5.01. The SMILES string of the molecule is Cn1cc(CNCc2ccno2)c(=O)n(C)c1=O. The number of hydrogen-bond acceptors (Lipinski definition) is 5. The lowest BCUT2D eigenvalue weighted by atomic mass is 10.3. The quantitative estimate of drug-likeness (QED) is 0.780. The lowest BCUT2D eigenvalue weighted by Gasteiger charge is -2.06. The summed E-state index contributed by atoms with van der Waals surface area (Å²) in [4.78, 5) is 23.3. The van der Waals surface area contributed by atoms with Crippen molar-refractivity contribution in [2.24, 2.45) is 14.1 Å². The van der Waals surface area contributed by atoms with Crippen molar-refractivity contribution in [2.45, 2.75) is 13.1 Å². The predicted octanol–water partition coefficient (Wildman–Crippen LogP) is -0.638. The zero-order chi connectivity index (χ0) is 13.1. The van der Waals surface area contributed by atoms with Crippen LogP contribution >= 0.6 is 0 Å². The van der Waals surface area contributed by atoms with Gasteiger partial charge in [0.25, 0.3) is 5.56 Å². The summed E-state index contributed by atoms with van der Waals surface area (Å²) in [5.41, 5.74) is -0.0960. The molecule has 0 saturated heterocycles. The molecule has 0 spiro atoms. The van der Waals surface area contributed by atoms with Gasteiger partial charge in [0, 0.05) is 38.5 Å². The third-order valence-corrected chi connectivity index (χ3v) is 2.62. The van der Waals surface area contributed by atoms with Crippen LogP contribution in [0.1, 0.15) is 11.3 Å². The maximum absolute atomic E-state index is 11.8. The summed E-state index contributed by atoms with van der Waals surface area (Å²) in [6.07, 6.45) is 3.10. The number of rotatable bonds is 4. The molecule has 0 aliphatic rings. The smallest absolute Gasteiger partial charge is 0.330 e. The van der Waals surface area contributed by atoms with Crippen molar-refractivity contribution in [1.29, 1.82) is 0 Å². The van der Waals surface area contributed by atoms with Crippen LogP contribution < -0.4 is 16.6 Å². The maximum Gasteiger partial charge on any atom is 0.330 e. The first-order valence-corrected chi connectivity index (χ1v) is 5.45. The minimum Gasteiger partial charge on any atom is -0.360 e. The second-order valence-corrected chi connectivity index (χ2v) is 3.99. The number of aromatic nitrogens is 3. The van der Waals surface area contributed by atoms with Crippen LogP contribution in [0.2, 0.25) is 0 Å². The molecule has 0 saturated carbocycles. The molecule has 96 valence electrons. The number of aryl methyl sites for hydroxylation is 1. The monoisotopic (exact) mass is 250 g/mol. The highest BCUT2D eigenvalue weighted by Crippen LogP contribution is 1.96. The van der Waals surface area contributed by atoms with Crippen LogP contribution in [0.25, 0.3) is 0 Å². The maximum atomic E-state index is 11.8. The summed E-state index contributed by atoms with van der Waals surface area (Å²) < 4.78 is 7.39. The van der Waals surface area contributed by atoms with Gasteiger partial charge in [-0.2, -0.15) is 0 Å². The van der Waals surface area contributed by atoms with Gasteiger partial charge in [0.05, 0.1) is 12.7 Å². The molecule has 0 radical (unpaired) electrons. The largest absolute Gasteiger partial charge is 0.360 e. The first kappa shape index (κ1) is 12.3. The second-order valence-electron chi connectivity index (χ2n) is 3.99. The Hall–Kier alpha value is -2.15. The van der Waals surface area contributed by atoms with Gasteiger partial charge in [-0.1, -0.05) is 5.16 Å². The van der Waals surface area contributed by atoms with Gasteiger partial charge in [-0.3, -0.25) is 9.36 Å². The molecule has 0 atom stereocenters. The molecule has 7 nitrogen and oxygen atoms in total. The Bertz CT molecular complexity index is 639. The summed E-state index contributed by atoms with van der Waals surface area (Å²) in [7, 11) is 3.08. The molecular weight excluding hydrogens is 236 g/mol. The van der Waals surface area contributed by atoms with Gasteiger partial charge < -0.3 is 14.4 Å². The molecule has 0 aliphatic carbocycles. The highest BCUT2D eigenvalue weighted by Gasteiger charge is 2.06. The molecule has 1 N–H and O–H groups in total. The van der Waals surface area contributed by atoms with Crippen LogP contribution in [0.3, 0.4) is 0 Å². The van der Waals surface area contributed by atoms with E-state index in [0.717, 1.165) is 4.57 Å². The normalized spacial score (nSPS) is 10.8. The van der Waals surface area contributed by atoms with Crippen molar-refractivity contribution in [3.8, 4) is 0 Å². The molecule has 0 amide bonds. The average molecular weight is 250 g/mol. The van der Waals surface area contributed by atoms with E-state index in [1.807, 2.05) is 0 Å². The van der Waals surface area contributed by atoms with Crippen LogP contribution in [-0.4, -0.2) is 14.3 Å². The van der Waals surface area contributed by atoms with Crippen LogP contribution in [0.4, 0.5) is 0 Å². The Morgan fingerprint density at radius 3 is 2.78 bits per heavy atom. The fourth-order valence-electron chi connectivity index (χ4n) is 1.66. The Kier molecular flexibility index (Phi) is 3.42. The van der Waals surface area contributed by atoms with Crippen molar-refractivity contribution in [2.75, 3.05) is 0 Å². The third-order valence-electron chi connectivity index (χ3n) is 2.62. The van der Waals surface area contributed by atoms with E-state index in [2.05, 4.69) is 10.5 Å². The van der Waals surface area contributed by atoms with E-state index in [9.17, 15) is 9.59 Å². The van der Waals surface area contributed by atoms with E-state index >= 15 is 0 Å². The van der Waals surface area contributed by atoms with Crippen molar-refractivity contribution < 1.29 is 4.52 Å². The molecular formula is C11H14N4O3. The number of hydrogen-bond donors (Lipinski definition) is 1. The Labute approximate surface area is 103 Å². The van der Waals surface area contributed by atoms with Crippen LogP contribution in [0.15, 0.2) is 32.6 Å². The summed E-state index contributed by atoms with van der Waals surface area (Å²) in [5, 5.41) is 6.64. The standard InChI is InChI=1S/C11H14N4O3/c1-14-7-8(10(16)15(2)11(14)17)5-12-6-9-3-4-13-18-9/h3-4,7,12H,5-6H2,1-2H3. The van der Waals surface area contributed by atoms with Gasteiger partial charge in [-0.25, -0.2) is 4.79 Å². The molecule has 2 heterocycles. The van der Waals surface area contributed by atoms with E-state index in [0.29, 0.717) is 24.4 Å². The average Bonchev–Trinajstić information content (AvgIpc) is 2.86. The van der Waals surface area contributed by atoms with E-state index < -0.39 is 0 Å². The molecule has 2 rings (SSSR count).